The molecule has 3 N–H and O–H groups in total. The fourth-order valence-electron chi connectivity index (χ4n) is 3.35. The number of aromatic nitrogens is 3. The summed E-state index contributed by atoms with van der Waals surface area (Å²) in [6.07, 6.45) is 0.539. The number of carbonyl (C=O) groups excluding carboxylic acids is 2. The van der Waals surface area contributed by atoms with Crippen LogP contribution in [0.1, 0.15) is 27.8 Å². The van der Waals surface area contributed by atoms with E-state index in [2.05, 4.69) is 20.7 Å². The minimum Gasteiger partial charge on any atom is -0.392 e. The maximum Gasteiger partial charge on any atom is 0.271 e. The molecule has 1 atom stereocenters. The highest BCUT2D eigenvalue weighted by molar-refractivity contribution is 6.34. The van der Waals surface area contributed by atoms with Crippen LogP contribution in [0.25, 0.3) is 16.9 Å². The second kappa shape index (κ2) is 10.6. The smallest absolute Gasteiger partial charge is 0.271 e. The van der Waals surface area contributed by atoms with E-state index >= 15 is 0 Å². The van der Waals surface area contributed by atoms with Crippen LogP contribution in [0.2, 0.25) is 5.02 Å². The first-order chi connectivity index (χ1) is 17.2. The quantitative estimate of drug-likeness (QED) is 0.344. The number of halogens is 3. The summed E-state index contributed by atoms with van der Waals surface area (Å²) in [5.74, 6) is -2.79. The van der Waals surface area contributed by atoms with Crippen molar-refractivity contribution in [2.75, 3.05) is 11.9 Å². The average Bonchev–Trinajstić information content (AvgIpc) is 3.27. The van der Waals surface area contributed by atoms with E-state index in [1.807, 2.05) is 0 Å². The lowest BCUT2D eigenvalue weighted by atomic mass is 10.1. The van der Waals surface area contributed by atoms with Crippen LogP contribution < -0.4 is 10.6 Å². The van der Waals surface area contributed by atoms with Gasteiger partial charge in [-0.1, -0.05) is 29.8 Å². The standard InChI is InChI=1S/C25H20ClF2N5O3/c1-14(34)13-30-25(36)21-12-22(33(32-21)15-6-3-2-4-7-15)31-24(35)16-10-17(20(28)11-18(16)26)23-19(27)8-5-9-29-23/h2-12,14,34H,13H2,1H3,(H,30,36)(H,31,35)/t14-/m1/s1. The van der Waals surface area contributed by atoms with Crippen LogP contribution in [0.15, 0.2) is 66.9 Å². The molecule has 2 aromatic heterocycles. The second-order valence-corrected chi connectivity index (χ2v) is 8.23. The number of anilines is 1. The molecule has 0 radical (unpaired) electrons. The summed E-state index contributed by atoms with van der Waals surface area (Å²) in [6.45, 7) is 1.53. The predicted molar refractivity (Wildman–Crippen MR) is 130 cm³/mol. The van der Waals surface area contributed by atoms with E-state index in [1.165, 1.54) is 29.9 Å². The highest BCUT2D eigenvalue weighted by Crippen LogP contribution is 2.30. The molecule has 0 aliphatic rings. The molecule has 2 heterocycles. The van der Waals surface area contributed by atoms with Crippen molar-refractivity contribution in [2.45, 2.75) is 13.0 Å². The van der Waals surface area contributed by atoms with Gasteiger partial charge in [-0.15, -0.1) is 0 Å². The Hall–Kier alpha value is -4.15. The number of nitrogens with one attached hydrogen (secondary N) is 2. The van der Waals surface area contributed by atoms with Gasteiger partial charge in [-0.25, -0.2) is 13.5 Å². The van der Waals surface area contributed by atoms with Crippen LogP contribution >= 0.6 is 11.6 Å². The van der Waals surface area contributed by atoms with Crippen LogP contribution in [0, 0.1) is 11.6 Å². The minimum absolute atomic E-state index is 0.0107. The molecular formula is C25H20ClF2N5O3. The second-order valence-electron chi connectivity index (χ2n) is 7.82. The van der Waals surface area contributed by atoms with Crippen LogP contribution in [-0.4, -0.2) is 44.3 Å². The van der Waals surface area contributed by atoms with Crippen molar-refractivity contribution in [3.05, 3.63) is 94.8 Å². The van der Waals surface area contributed by atoms with Gasteiger partial charge in [0.15, 0.2) is 5.69 Å². The lowest BCUT2D eigenvalue weighted by Crippen LogP contribution is -2.30. The van der Waals surface area contributed by atoms with Gasteiger partial charge < -0.3 is 15.7 Å². The van der Waals surface area contributed by atoms with Crippen LogP contribution in [0.5, 0.6) is 0 Å². The van der Waals surface area contributed by atoms with Crippen molar-refractivity contribution >= 4 is 29.2 Å². The first kappa shape index (κ1) is 25.0. The predicted octanol–water partition coefficient (Wildman–Crippen LogP) is 4.23. The largest absolute Gasteiger partial charge is 0.392 e. The molecule has 0 saturated heterocycles. The van der Waals surface area contributed by atoms with Gasteiger partial charge in [-0.3, -0.25) is 14.6 Å². The van der Waals surface area contributed by atoms with Gasteiger partial charge in [0.1, 0.15) is 23.1 Å². The Kier molecular flexibility index (Phi) is 7.37. The Morgan fingerprint density at radius 2 is 1.81 bits per heavy atom. The Morgan fingerprint density at radius 1 is 1.06 bits per heavy atom. The summed E-state index contributed by atoms with van der Waals surface area (Å²) in [5, 5.41) is 18.7. The third-order valence-corrected chi connectivity index (χ3v) is 5.37. The molecule has 0 bridgehead atoms. The van der Waals surface area contributed by atoms with Gasteiger partial charge in [0.05, 0.1) is 22.4 Å². The fourth-order valence-corrected chi connectivity index (χ4v) is 3.59. The van der Waals surface area contributed by atoms with Crippen LogP contribution in [0.4, 0.5) is 14.6 Å². The number of pyridine rings is 1. The van der Waals surface area contributed by atoms with Gasteiger partial charge in [0.25, 0.3) is 11.8 Å². The Morgan fingerprint density at radius 3 is 2.50 bits per heavy atom. The number of hydrogen-bond donors (Lipinski definition) is 3. The van der Waals surface area contributed by atoms with Crippen molar-refractivity contribution in [3.63, 3.8) is 0 Å². The summed E-state index contributed by atoms with van der Waals surface area (Å²) >= 11 is 6.15. The molecule has 0 aliphatic heterocycles. The van der Waals surface area contributed by atoms with Crippen molar-refractivity contribution in [1.29, 1.82) is 0 Å². The highest BCUT2D eigenvalue weighted by atomic mass is 35.5. The monoisotopic (exact) mass is 511 g/mol. The molecule has 2 amide bonds. The van der Waals surface area contributed by atoms with Crippen molar-refractivity contribution in [2.24, 2.45) is 0 Å². The lowest BCUT2D eigenvalue weighted by Gasteiger charge is -2.11. The zero-order valence-corrected chi connectivity index (χ0v) is 19.6. The van der Waals surface area contributed by atoms with E-state index in [1.54, 1.807) is 30.3 Å². The number of rotatable bonds is 7. The van der Waals surface area contributed by atoms with Gasteiger partial charge >= 0.3 is 0 Å². The highest BCUT2D eigenvalue weighted by Gasteiger charge is 2.22. The summed E-state index contributed by atoms with van der Waals surface area (Å²) in [7, 11) is 0. The molecule has 8 nitrogen and oxygen atoms in total. The van der Waals surface area contributed by atoms with Gasteiger partial charge in [-0.05, 0) is 43.3 Å². The Bertz CT molecular complexity index is 1430. The van der Waals surface area contributed by atoms with Crippen LogP contribution in [-0.2, 0) is 0 Å². The van der Waals surface area contributed by atoms with Crippen molar-refractivity contribution in [1.82, 2.24) is 20.1 Å². The number of carbonyl (C=O) groups is 2. The number of amides is 2. The number of benzene rings is 2. The maximum atomic E-state index is 14.6. The topological polar surface area (TPSA) is 109 Å². The summed E-state index contributed by atoms with van der Waals surface area (Å²) in [6, 6.07) is 14.6. The first-order valence-electron chi connectivity index (χ1n) is 10.8. The molecule has 184 valence electrons. The fraction of sp³-hybridized carbons (Fsp3) is 0.120. The summed E-state index contributed by atoms with van der Waals surface area (Å²) in [4.78, 5) is 29.6. The zero-order chi connectivity index (χ0) is 25.8. The van der Waals surface area contributed by atoms with E-state index in [-0.39, 0.29) is 39.9 Å². The third kappa shape index (κ3) is 5.40. The third-order valence-electron chi connectivity index (χ3n) is 5.06. The molecule has 0 unspecified atom stereocenters. The molecular weight excluding hydrogens is 492 g/mol. The van der Waals surface area contributed by atoms with Crippen molar-refractivity contribution in [3.8, 4) is 16.9 Å². The Labute approximate surface area is 209 Å². The van der Waals surface area contributed by atoms with Crippen LogP contribution in [0.3, 0.4) is 0 Å². The number of nitrogens with zero attached hydrogens (tertiary/aromatic N) is 3. The molecule has 4 rings (SSSR count). The molecule has 0 saturated carbocycles. The first-order valence-corrected chi connectivity index (χ1v) is 11.2. The number of para-hydroxylation sites is 1. The lowest BCUT2D eigenvalue weighted by molar-refractivity contribution is 0.0918. The van der Waals surface area contributed by atoms with E-state index in [0.29, 0.717) is 5.69 Å². The normalized spacial score (nSPS) is 11.7. The number of aliphatic hydroxyl groups excluding tert-OH is 1. The maximum absolute atomic E-state index is 14.6. The molecule has 2 aromatic carbocycles. The van der Waals surface area contributed by atoms with Crippen molar-refractivity contribution < 1.29 is 23.5 Å². The SMILES string of the molecule is C[C@@H](O)CNC(=O)c1cc(NC(=O)c2cc(-c3ncccc3F)c(F)cc2Cl)n(-c2ccccc2)n1. The zero-order valence-electron chi connectivity index (χ0n) is 18.9. The Balaban J connectivity index is 1.71. The van der Waals surface area contributed by atoms with E-state index in [9.17, 15) is 23.5 Å². The van der Waals surface area contributed by atoms with E-state index < -0.39 is 29.6 Å². The molecule has 0 spiro atoms. The average molecular weight is 512 g/mol. The van der Waals surface area contributed by atoms with E-state index in [0.717, 1.165) is 18.2 Å². The van der Waals surface area contributed by atoms with E-state index in [4.69, 9.17) is 11.6 Å². The summed E-state index contributed by atoms with van der Waals surface area (Å²) in [5.41, 5.74) is -0.122. The summed E-state index contributed by atoms with van der Waals surface area (Å²) < 4.78 is 30.2. The van der Waals surface area contributed by atoms with Gasteiger partial charge in [-0.2, -0.15) is 5.10 Å². The molecule has 0 aliphatic carbocycles. The molecule has 11 heteroatoms. The molecule has 36 heavy (non-hydrogen) atoms. The molecule has 0 fully saturated rings. The van der Waals surface area contributed by atoms with Gasteiger partial charge in [0.2, 0.25) is 0 Å². The number of hydrogen-bond acceptors (Lipinski definition) is 5. The van der Waals surface area contributed by atoms with Gasteiger partial charge in [0, 0.05) is 24.4 Å². The molecule has 4 aromatic rings. The number of aliphatic hydroxyl groups is 1. The minimum atomic E-state index is -0.847.